The van der Waals surface area contributed by atoms with Crippen LogP contribution in [0.2, 0.25) is 0 Å². The van der Waals surface area contributed by atoms with Crippen molar-refractivity contribution in [3.8, 4) is 0 Å². The molecule has 4 atom stereocenters. The standard InChI is InChI=1S/C26H49N3O7/c1-19(2)11-21-12-28(20(3)30)13-23(34-6)25(33)22(31)15-35-10-8-7-9-29(21)24(32)14-27(5)16-26(4)17-36-18-26/h19,21-23,25,31,33H,7-18H2,1-6H3/t21-,22+,23+,25+/m0/s1. The number of carbonyl (C=O) groups is 2. The molecule has 0 spiro atoms. The van der Waals surface area contributed by atoms with E-state index in [2.05, 4.69) is 25.7 Å². The molecule has 0 aromatic heterocycles. The third kappa shape index (κ3) is 9.54. The Labute approximate surface area is 216 Å². The predicted molar refractivity (Wildman–Crippen MR) is 136 cm³/mol. The molecule has 0 unspecified atom stereocenters. The van der Waals surface area contributed by atoms with Gasteiger partial charge in [0.1, 0.15) is 18.3 Å². The lowest BCUT2D eigenvalue weighted by Crippen LogP contribution is -2.55. The zero-order valence-electron chi connectivity index (χ0n) is 23.1. The summed E-state index contributed by atoms with van der Waals surface area (Å²) in [7, 11) is 3.42. The Hall–Kier alpha value is -1.30. The molecule has 210 valence electrons. The quantitative estimate of drug-likeness (QED) is 0.507. The minimum atomic E-state index is -1.20. The molecule has 2 N–H and O–H groups in total. The summed E-state index contributed by atoms with van der Waals surface area (Å²) in [6.07, 6.45) is -0.896. The Morgan fingerprint density at radius 2 is 1.86 bits per heavy atom. The van der Waals surface area contributed by atoms with Gasteiger partial charge in [0.05, 0.1) is 26.4 Å². The van der Waals surface area contributed by atoms with Gasteiger partial charge in [0.2, 0.25) is 11.8 Å². The Morgan fingerprint density at radius 1 is 1.17 bits per heavy atom. The van der Waals surface area contributed by atoms with Gasteiger partial charge in [0, 0.05) is 58.3 Å². The highest BCUT2D eigenvalue weighted by Crippen LogP contribution is 2.27. The third-order valence-corrected chi connectivity index (χ3v) is 7.04. The zero-order chi connectivity index (χ0) is 26.9. The van der Waals surface area contributed by atoms with Gasteiger partial charge in [-0.25, -0.2) is 0 Å². The molecule has 0 saturated carbocycles. The van der Waals surface area contributed by atoms with Crippen molar-refractivity contribution < 1.29 is 34.0 Å². The number of hydrogen-bond acceptors (Lipinski definition) is 8. The van der Waals surface area contributed by atoms with Crippen molar-refractivity contribution in [2.24, 2.45) is 11.3 Å². The normalized spacial score (nSPS) is 28.6. The minimum Gasteiger partial charge on any atom is -0.388 e. The van der Waals surface area contributed by atoms with Gasteiger partial charge in [0.15, 0.2) is 0 Å². The van der Waals surface area contributed by atoms with E-state index in [-0.39, 0.29) is 36.4 Å². The summed E-state index contributed by atoms with van der Waals surface area (Å²) in [5.41, 5.74) is 0.0777. The average molecular weight is 516 g/mol. The fourth-order valence-electron chi connectivity index (χ4n) is 5.09. The number of aliphatic hydroxyl groups excluding tert-OH is 2. The summed E-state index contributed by atoms with van der Waals surface area (Å²) in [4.78, 5) is 31.9. The molecule has 0 aromatic carbocycles. The van der Waals surface area contributed by atoms with Crippen molar-refractivity contribution in [2.45, 2.75) is 71.3 Å². The zero-order valence-corrected chi connectivity index (χ0v) is 23.1. The molecule has 2 amide bonds. The molecule has 36 heavy (non-hydrogen) atoms. The van der Waals surface area contributed by atoms with E-state index in [1.807, 2.05) is 11.9 Å². The van der Waals surface area contributed by atoms with E-state index in [9.17, 15) is 19.8 Å². The number of carbonyl (C=O) groups excluding carboxylic acids is 2. The molecular weight excluding hydrogens is 466 g/mol. The molecule has 2 fully saturated rings. The molecule has 10 heteroatoms. The van der Waals surface area contributed by atoms with Crippen molar-refractivity contribution >= 4 is 11.8 Å². The first-order valence-corrected chi connectivity index (χ1v) is 13.2. The summed E-state index contributed by atoms with van der Waals surface area (Å²) in [6, 6.07) is -0.180. The number of aliphatic hydroxyl groups is 2. The topological polar surface area (TPSA) is 112 Å². The summed E-state index contributed by atoms with van der Waals surface area (Å²) >= 11 is 0. The van der Waals surface area contributed by atoms with Gasteiger partial charge < -0.3 is 34.2 Å². The maximum atomic E-state index is 13.6. The summed E-state index contributed by atoms with van der Waals surface area (Å²) in [5.74, 6) is 0.191. The monoisotopic (exact) mass is 515 g/mol. The summed E-state index contributed by atoms with van der Waals surface area (Å²) in [5, 5.41) is 21.0. The number of nitrogens with zero attached hydrogens (tertiary/aromatic N) is 3. The number of ether oxygens (including phenoxy) is 3. The first kappa shape index (κ1) is 30.9. The van der Waals surface area contributed by atoms with E-state index in [4.69, 9.17) is 14.2 Å². The highest BCUT2D eigenvalue weighted by atomic mass is 16.5. The fraction of sp³-hybridized carbons (Fsp3) is 0.923. The van der Waals surface area contributed by atoms with Crippen LogP contribution in [-0.4, -0.2) is 134 Å². The van der Waals surface area contributed by atoms with Gasteiger partial charge in [0.25, 0.3) is 0 Å². The molecule has 0 radical (unpaired) electrons. The average Bonchev–Trinajstić information content (AvgIpc) is 2.77. The second-order valence-corrected chi connectivity index (χ2v) is 11.4. The van der Waals surface area contributed by atoms with Crippen molar-refractivity contribution in [2.75, 3.05) is 73.3 Å². The van der Waals surface area contributed by atoms with Crippen LogP contribution >= 0.6 is 0 Å². The van der Waals surface area contributed by atoms with Crippen LogP contribution in [0.5, 0.6) is 0 Å². The minimum absolute atomic E-state index is 0.0208. The van der Waals surface area contributed by atoms with Gasteiger partial charge in [-0.05, 0) is 32.2 Å². The van der Waals surface area contributed by atoms with Gasteiger partial charge in [-0.1, -0.05) is 20.8 Å². The Bertz CT molecular complexity index is 688. The van der Waals surface area contributed by atoms with Crippen LogP contribution in [0, 0.1) is 11.3 Å². The van der Waals surface area contributed by atoms with Gasteiger partial charge >= 0.3 is 0 Å². The SMILES string of the molecule is CO[C@@H]1CN(C(C)=O)C[C@H](CC(C)C)N(C(=O)CN(C)CC2(C)COC2)CCCCOC[C@@H](O)[C@H]1O. The van der Waals surface area contributed by atoms with E-state index in [0.29, 0.717) is 45.4 Å². The second-order valence-electron chi connectivity index (χ2n) is 11.4. The molecule has 2 rings (SSSR count). The number of hydrogen-bond donors (Lipinski definition) is 2. The Morgan fingerprint density at radius 3 is 2.42 bits per heavy atom. The van der Waals surface area contributed by atoms with Crippen LogP contribution in [0.3, 0.4) is 0 Å². The first-order chi connectivity index (χ1) is 17.0. The lowest BCUT2D eigenvalue weighted by molar-refractivity contribution is -0.144. The van der Waals surface area contributed by atoms with Crippen LogP contribution in [0.4, 0.5) is 0 Å². The van der Waals surface area contributed by atoms with Gasteiger partial charge in [-0.15, -0.1) is 0 Å². The molecule has 0 aromatic rings. The van der Waals surface area contributed by atoms with Crippen molar-refractivity contribution in [3.63, 3.8) is 0 Å². The number of likely N-dealkylation sites (N-methyl/N-ethyl adjacent to an activating group) is 1. The van der Waals surface area contributed by atoms with Crippen LogP contribution < -0.4 is 0 Å². The third-order valence-electron chi connectivity index (χ3n) is 7.04. The van der Waals surface area contributed by atoms with Crippen LogP contribution in [-0.2, 0) is 23.8 Å². The number of methoxy groups -OCH3 is 1. The largest absolute Gasteiger partial charge is 0.388 e. The molecule has 2 aliphatic rings. The van der Waals surface area contributed by atoms with E-state index in [1.165, 1.54) is 14.0 Å². The van der Waals surface area contributed by atoms with Crippen LogP contribution in [0.15, 0.2) is 0 Å². The number of amides is 2. The highest BCUT2D eigenvalue weighted by Gasteiger charge is 2.36. The second kappa shape index (κ2) is 14.6. The maximum absolute atomic E-state index is 13.6. The summed E-state index contributed by atoms with van der Waals surface area (Å²) in [6.45, 7) is 11.8. The van der Waals surface area contributed by atoms with Gasteiger partial charge in [-0.2, -0.15) is 0 Å². The lowest BCUT2D eigenvalue weighted by Gasteiger charge is -2.42. The highest BCUT2D eigenvalue weighted by molar-refractivity contribution is 5.79. The molecule has 0 bridgehead atoms. The predicted octanol–water partition coefficient (Wildman–Crippen LogP) is 0.594. The molecule has 10 nitrogen and oxygen atoms in total. The smallest absolute Gasteiger partial charge is 0.237 e. The fourth-order valence-corrected chi connectivity index (χ4v) is 5.09. The van der Waals surface area contributed by atoms with E-state index in [0.717, 1.165) is 25.8 Å². The van der Waals surface area contributed by atoms with Crippen LogP contribution in [0.1, 0.15) is 47.0 Å². The van der Waals surface area contributed by atoms with E-state index in [1.54, 1.807) is 4.90 Å². The number of rotatable bonds is 7. The van der Waals surface area contributed by atoms with Crippen LogP contribution in [0.25, 0.3) is 0 Å². The van der Waals surface area contributed by atoms with E-state index >= 15 is 0 Å². The van der Waals surface area contributed by atoms with Crippen molar-refractivity contribution in [3.05, 3.63) is 0 Å². The molecule has 0 aliphatic carbocycles. The van der Waals surface area contributed by atoms with E-state index < -0.39 is 18.3 Å². The lowest BCUT2D eigenvalue weighted by atomic mass is 9.88. The molecule has 2 aliphatic heterocycles. The Balaban J connectivity index is 2.26. The first-order valence-electron chi connectivity index (χ1n) is 13.2. The molecule has 2 saturated heterocycles. The van der Waals surface area contributed by atoms with Crippen molar-refractivity contribution in [1.29, 1.82) is 0 Å². The van der Waals surface area contributed by atoms with Gasteiger partial charge in [-0.3, -0.25) is 14.5 Å². The summed E-state index contributed by atoms with van der Waals surface area (Å²) < 4.78 is 16.4. The maximum Gasteiger partial charge on any atom is 0.237 e. The Kier molecular flexibility index (Phi) is 12.5. The molecular formula is C26H49N3O7. The molecule has 2 heterocycles. The van der Waals surface area contributed by atoms with Crippen molar-refractivity contribution in [1.82, 2.24) is 14.7 Å².